The molecule has 114 valence electrons. The highest BCUT2D eigenvalue weighted by atomic mass is 15.0. The van der Waals surface area contributed by atoms with Crippen molar-refractivity contribution in [2.24, 2.45) is 5.92 Å². The second-order valence-electron chi connectivity index (χ2n) is 6.44. The van der Waals surface area contributed by atoms with Crippen LogP contribution in [0, 0.1) is 5.92 Å². The van der Waals surface area contributed by atoms with Crippen molar-refractivity contribution < 1.29 is 0 Å². The Labute approximate surface area is 136 Å². The minimum absolute atomic E-state index is 0.589. The maximum absolute atomic E-state index is 4.58. The molecule has 0 saturated heterocycles. The lowest BCUT2D eigenvalue weighted by molar-refractivity contribution is 0.545. The fourth-order valence-electron chi connectivity index (χ4n) is 3.39. The molecule has 4 rings (SSSR count). The molecule has 2 aromatic carbocycles. The van der Waals surface area contributed by atoms with Crippen molar-refractivity contribution in [3.8, 4) is 11.3 Å². The largest absolute Gasteiger partial charge is 0.340 e. The van der Waals surface area contributed by atoms with Crippen molar-refractivity contribution in [2.45, 2.75) is 20.4 Å². The molecule has 0 aliphatic carbocycles. The molecule has 0 bridgehead atoms. The Bertz CT molecular complexity index is 965. The Kier molecular flexibility index (Phi) is 3.38. The second-order valence-corrected chi connectivity index (χ2v) is 6.44. The third-order valence-electron chi connectivity index (χ3n) is 4.28. The monoisotopic (exact) mass is 300 g/mol. The molecule has 0 aliphatic rings. The van der Waals surface area contributed by atoms with E-state index in [-0.39, 0.29) is 0 Å². The van der Waals surface area contributed by atoms with Gasteiger partial charge in [-0.1, -0.05) is 56.3 Å². The average molecular weight is 300 g/mol. The van der Waals surface area contributed by atoms with Gasteiger partial charge in [0.25, 0.3) is 0 Å². The lowest BCUT2D eigenvalue weighted by Gasteiger charge is -2.13. The van der Waals surface area contributed by atoms with Crippen molar-refractivity contribution in [1.29, 1.82) is 0 Å². The number of rotatable bonds is 3. The predicted octanol–water partition coefficient (Wildman–Crippen LogP) is 5.51. The van der Waals surface area contributed by atoms with Gasteiger partial charge in [0.15, 0.2) is 0 Å². The molecule has 2 aromatic heterocycles. The van der Waals surface area contributed by atoms with Gasteiger partial charge in [0.1, 0.15) is 0 Å². The fraction of sp³-hybridized carbons (Fsp3) is 0.190. The van der Waals surface area contributed by atoms with E-state index in [2.05, 4.69) is 78.0 Å². The Morgan fingerprint density at radius 2 is 1.65 bits per heavy atom. The van der Waals surface area contributed by atoms with Crippen LogP contribution in [0.3, 0.4) is 0 Å². The molecule has 2 heteroatoms. The Morgan fingerprint density at radius 1 is 0.870 bits per heavy atom. The van der Waals surface area contributed by atoms with E-state index in [0.717, 1.165) is 12.2 Å². The first-order valence-corrected chi connectivity index (χ1v) is 8.17. The van der Waals surface area contributed by atoms with Gasteiger partial charge in [-0.2, -0.15) is 0 Å². The Balaban J connectivity index is 2.13. The lowest BCUT2D eigenvalue weighted by Crippen LogP contribution is -2.04. The molecular formula is C21H20N2. The van der Waals surface area contributed by atoms with E-state index in [1.165, 1.54) is 27.4 Å². The maximum Gasteiger partial charge on any atom is 0.0723 e. The molecule has 0 amide bonds. The zero-order chi connectivity index (χ0) is 15.8. The molecule has 0 radical (unpaired) electrons. The summed E-state index contributed by atoms with van der Waals surface area (Å²) in [6, 6.07) is 21.3. The molecule has 0 fully saturated rings. The number of hydrogen-bond acceptors (Lipinski definition) is 1. The van der Waals surface area contributed by atoms with Crippen LogP contribution >= 0.6 is 0 Å². The van der Waals surface area contributed by atoms with Crippen molar-refractivity contribution >= 4 is 21.8 Å². The molecule has 0 unspecified atom stereocenters. The summed E-state index contributed by atoms with van der Waals surface area (Å²) in [5.74, 6) is 0.589. The van der Waals surface area contributed by atoms with Gasteiger partial charge in [-0.15, -0.1) is 0 Å². The number of fused-ring (bicyclic) bond motifs is 3. The summed E-state index contributed by atoms with van der Waals surface area (Å²) < 4.78 is 2.46. The van der Waals surface area contributed by atoms with Crippen LogP contribution in [0.2, 0.25) is 0 Å². The third-order valence-corrected chi connectivity index (χ3v) is 4.28. The van der Waals surface area contributed by atoms with Crippen molar-refractivity contribution in [3.05, 3.63) is 66.9 Å². The average Bonchev–Trinajstić information content (AvgIpc) is 2.90. The summed E-state index contributed by atoms with van der Waals surface area (Å²) in [5.41, 5.74) is 4.84. The van der Waals surface area contributed by atoms with E-state index >= 15 is 0 Å². The first-order valence-electron chi connectivity index (χ1n) is 8.17. The van der Waals surface area contributed by atoms with Gasteiger partial charge in [0.2, 0.25) is 0 Å². The first-order chi connectivity index (χ1) is 11.3. The summed E-state index contributed by atoms with van der Waals surface area (Å²) in [4.78, 5) is 4.58. The molecule has 0 aliphatic heterocycles. The smallest absolute Gasteiger partial charge is 0.0723 e. The molecule has 0 atom stereocenters. The minimum Gasteiger partial charge on any atom is -0.340 e. The summed E-state index contributed by atoms with van der Waals surface area (Å²) in [6.07, 6.45) is 1.86. The summed E-state index contributed by atoms with van der Waals surface area (Å²) in [5, 5.41) is 2.63. The normalized spacial score (nSPS) is 11.6. The third kappa shape index (κ3) is 2.31. The van der Waals surface area contributed by atoms with Crippen LogP contribution in [0.15, 0.2) is 66.9 Å². The van der Waals surface area contributed by atoms with E-state index in [0.29, 0.717) is 5.92 Å². The van der Waals surface area contributed by atoms with Crippen LogP contribution in [-0.2, 0) is 6.54 Å². The number of aromatic nitrogens is 2. The van der Waals surface area contributed by atoms with Crippen LogP contribution in [0.25, 0.3) is 33.1 Å². The molecule has 0 spiro atoms. The Morgan fingerprint density at radius 3 is 2.43 bits per heavy atom. The van der Waals surface area contributed by atoms with Gasteiger partial charge in [-0.25, -0.2) is 0 Å². The van der Waals surface area contributed by atoms with Gasteiger partial charge in [-0.05, 0) is 24.1 Å². The number of benzene rings is 2. The number of hydrogen-bond donors (Lipinski definition) is 0. The molecule has 0 N–H and O–H groups in total. The quantitative estimate of drug-likeness (QED) is 0.487. The molecule has 2 heterocycles. The van der Waals surface area contributed by atoms with Gasteiger partial charge >= 0.3 is 0 Å². The van der Waals surface area contributed by atoms with Gasteiger partial charge in [-0.3, -0.25) is 4.98 Å². The topological polar surface area (TPSA) is 17.8 Å². The van der Waals surface area contributed by atoms with Gasteiger partial charge in [0, 0.05) is 34.6 Å². The van der Waals surface area contributed by atoms with Crippen molar-refractivity contribution in [1.82, 2.24) is 9.55 Å². The van der Waals surface area contributed by atoms with Crippen LogP contribution in [-0.4, -0.2) is 9.55 Å². The van der Waals surface area contributed by atoms with Crippen molar-refractivity contribution in [3.63, 3.8) is 0 Å². The van der Waals surface area contributed by atoms with Gasteiger partial charge in [0.05, 0.1) is 11.2 Å². The van der Waals surface area contributed by atoms with E-state index in [4.69, 9.17) is 0 Å². The van der Waals surface area contributed by atoms with E-state index in [9.17, 15) is 0 Å². The fourth-order valence-corrected chi connectivity index (χ4v) is 3.39. The zero-order valence-electron chi connectivity index (χ0n) is 13.5. The summed E-state index contributed by atoms with van der Waals surface area (Å²) in [6.45, 7) is 5.54. The Hall–Kier alpha value is -2.61. The van der Waals surface area contributed by atoms with Crippen molar-refractivity contribution in [2.75, 3.05) is 0 Å². The van der Waals surface area contributed by atoms with Crippen LogP contribution in [0.5, 0.6) is 0 Å². The number of nitrogens with zero attached hydrogens (tertiary/aromatic N) is 2. The molecule has 4 aromatic rings. The summed E-state index contributed by atoms with van der Waals surface area (Å²) >= 11 is 0. The van der Waals surface area contributed by atoms with E-state index < -0.39 is 0 Å². The standard InChI is InChI=1S/C21H20N2/c1-15(2)14-23-20-12-4-3-8-16(20)17-9-7-10-18(21(17)23)19-11-5-6-13-22-19/h3-13,15H,14H2,1-2H3. The second kappa shape index (κ2) is 5.54. The lowest BCUT2D eigenvalue weighted by atomic mass is 10.1. The summed E-state index contributed by atoms with van der Waals surface area (Å²) in [7, 11) is 0. The van der Waals surface area contributed by atoms with Crippen LogP contribution in [0.1, 0.15) is 13.8 Å². The van der Waals surface area contributed by atoms with E-state index in [1.807, 2.05) is 12.3 Å². The van der Waals surface area contributed by atoms with Gasteiger partial charge < -0.3 is 4.57 Å². The first kappa shape index (κ1) is 14.0. The highest BCUT2D eigenvalue weighted by Crippen LogP contribution is 2.35. The number of para-hydroxylation sites is 2. The minimum atomic E-state index is 0.589. The SMILES string of the molecule is CC(C)Cn1c2ccccc2c2cccc(-c3ccccn3)c21. The molecular weight excluding hydrogens is 280 g/mol. The highest BCUT2D eigenvalue weighted by molar-refractivity contribution is 6.12. The zero-order valence-corrected chi connectivity index (χ0v) is 13.5. The molecule has 2 nitrogen and oxygen atoms in total. The number of pyridine rings is 1. The molecule has 23 heavy (non-hydrogen) atoms. The van der Waals surface area contributed by atoms with E-state index in [1.54, 1.807) is 0 Å². The molecule has 0 saturated carbocycles. The predicted molar refractivity (Wildman–Crippen MR) is 97.5 cm³/mol. The van der Waals surface area contributed by atoms with Crippen LogP contribution in [0.4, 0.5) is 0 Å². The highest BCUT2D eigenvalue weighted by Gasteiger charge is 2.15. The maximum atomic E-state index is 4.58. The van der Waals surface area contributed by atoms with Crippen LogP contribution < -0.4 is 0 Å².